The van der Waals surface area contributed by atoms with Gasteiger partial charge >= 0.3 is 0 Å². The number of hydrogen-bond acceptors (Lipinski definition) is 2. The van der Waals surface area contributed by atoms with Gasteiger partial charge in [0.15, 0.2) is 0 Å². The summed E-state index contributed by atoms with van der Waals surface area (Å²) in [5.74, 6) is 0. The summed E-state index contributed by atoms with van der Waals surface area (Å²) in [5, 5.41) is 0. The molecule has 0 aliphatic carbocycles. The van der Waals surface area contributed by atoms with E-state index in [1.165, 1.54) is 0 Å². The van der Waals surface area contributed by atoms with Gasteiger partial charge in [-0.2, -0.15) is 4.89 Å². The van der Waals surface area contributed by atoms with Crippen LogP contribution in [-0.4, -0.2) is 13.0 Å². The molecule has 0 heterocycles. The predicted molar refractivity (Wildman–Crippen MR) is 62.3 cm³/mol. The zero-order valence-electron chi connectivity index (χ0n) is 9.49. The zero-order valence-corrected chi connectivity index (χ0v) is 9.49. The average Bonchev–Trinajstić information content (AvgIpc) is 2.30. The van der Waals surface area contributed by atoms with E-state index < -0.39 is 6.36 Å². The molecule has 0 saturated carbocycles. The third-order valence-corrected chi connectivity index (χ3v) is 2.10. The Bertz CT molecular complexity index is 311. The third kappa shape index (κ3) is 4.55. The van der Waals surface area contributed by atoms with Gasteiger partial charge in [0.05, 0.1) is 0 Å². The third-order valence-electron chi connectivity index (χ3n) is 2.10. The molecule has 0 bridgehead atoms. The van der Waals surface area contributed by atoms with Crippen molar-refractivity contribution in [1.82, 2.24) is 0 Å². The van der Waals surface area contributed by atoms with E-state index in [0.29, 0.717) is 6.42 Å². The topological polar surface area (TPSA) is 18.5 Å². The van der Waals surface area contributed by atoms with Crippen LogP contribution in [0.1, 0.15) is 25.3 Å². The van der Waals surface area contributed by atoms with Crippen molar-refractivity contribution in [2.45, 2.75) is 26.1 Å². The molecule has 0 aliphatic rings. The SMILES string of the molecule is C=C(COOC(F)CCC)c1ccccc1. The van der Waals surface area contributed by atoms with Gasteiger partial charge in [0.25, 0.3) is 0 Å². The molecule has 1 aromatic rings. The highest BCUT2D eigenvalue weighted by Gasteiger charge is 2.06. The zero-order chi connectivity index (χ0) is 11.8. The van der Waals surface area contributed by atoms with Gasteiger partial charge in [0, 0.05) is 6.42 Å². The minimum absolute atomic E-state index is 0.175. The van der Waals surface area contributed by atoms with Crippen molar-refractivity contribution in [1.29, 1.82) is 0 Å². The van der Waals surface area contributed by atoms with Crippen molar-refractivity contribution in [2.24, 2.45) is 0 Å². The lowest BCUT2D eigenvalue weighted by molar-refractivity contribution is -0.345. The van der Waals surface area contributed by atoms with Gasteiger partial charge in [-0.05, 0) is 11.1 Å². The van der Waals surface area contributed by atoms with Crippen LogP contribution in [0.2, 0.25) is 0 Å². The Kier molecular flexibility index (Phi) is 5.75. The summed E-state index contributed by atoms with van der Waals surface area (Å²) < 4.78 is 12.9. The lowest BCUT2D eigenvalue weighted by atomic mass is 10.1. The second-order valence-corrected chi connectivity index (χ2v) is 3.53. The minimum Gasteiger partial charge on any atom is -0.229 e. The molecule has 16 heavy (non-hydrogen) atoms. The second kappa shape index (κ2) is 7.14. The minimum atomic E-state index is -1.35. The molecule has 0 radical (unpaired) electrons. The summed E-state index contributed by atoms with van der Waals surface area (Å²) in [7, 11) is 0. The summed E-state index contributed by atoms with van der Waals surface area (Å²) >= 11 is 0. The maximum absolute atomic E-state index is 12.9. The highest BCUT2D eigenvalue weighted by Crippen LogP contribution is 2.13. The Morgan fingerprint density at radius 1 is 1.38 bits per heavy atom. The summed E-state index contributed by atoms with van der Waals surface area (Å²) in [4.78, 5) is 9.34. The molecule has 1 atom stereocenters. The Balaban J connectivity index is 2.26. The molecule has 1 aromatic carbocycles. The first-order valence-corrected chi connectivity index (χ1v) is 5.39. The normalized spacial score (nSPS) is 12.4. The smallest absolute Gasteiger partial charge is 0.229 e. The van der Waals surface area contributed by atoms with Crippen LogP contribution in [0.15, 0.2) is 36.9 Å². The molecule has 2 nitrogen and oxygen atoms in total. The van der Waals surface area contributed by atoms with E-state index in [0.717, 1.165) is 17.6 Å². The maximum Gasteiger partial charge on any atom is 0.231 e. The molecular weight excluding hydrogens is 207 g/mol. The molecule has 1 unspecified atom stereocenters. The molecule has 3 heteroatoms. The largest absolute Gasteiger partial charge is 0.231 e. The number of rotatable bonds is 7. The monoisotopic (exact) mass is 224 g/mol. The fraction of sp³-hybridized carbons (Fsp3) is 0.385. The van der Waals surface area contributed by atoms with E-state index in [1.807, 2.05) is 37.3 Å². The molecular formula is C13H17FO2. The van der Waals surface area contributed by atoms with Gasteiger partial charge in [-0.25, -0.2) is 9.28 Å². The van der Waals surface area contributed by atoms with E-state index >= 15 is 0 Å². The summed E-state index contributed by atoms with van der Waals surface area (Å²) in [6.45, 7) is 5.90. The van der Waals surface area contributed by atoms with Gasteiger partial charge in [0.1, 0.15) is 6.61 Å². The fourth-order valence-corrected chi connectivity index (χ4v) is 1.21. The van der Waals surface area contributed by atoms with Crippen molar-refractivity contribution in [3.63, 3.8) is 0 Å². The van der Waals surface area contributed by atoms with E-state index in [-0.39, 0.29) is 6.61 Å². The molecule has 0 amide bonds. The summed E-state index contributed by atoms with van der Waals surface area (Å²) in [5.41, 5.74) is 1.74. The van der Waals surface area contributed by atoms with Crippen LogP contribution in [0.25, 0.3) is 5.57 Å². The van der Waals surface area contributed by atoms with Crippen LogP contribution in [0, 0.1) is 0 Å². The first kappa shape index (κ1) is 12.9. The fourth-order valence-electron chi connectivity index (χ4n) is 1.21. The summed E-state index contributed by atoms with van der Waals surface area (Å²) in [6, 6.07) is 9.59. The van der Waals surface area contributed by atoms with Crippen LogP contribution >= 0.6 is 0 Å². The number of benzene rings is 1. The van der Waals surface area contributed by atoms with Crippen molar-refractivity contribution in [3.8, 4) is 0 Å². The van der Waals surface area contributed by atoms with Crippen molar-refractivity contribution < 1.29 is 14.2 Å². The van der Waals surface area contributed by atoms with Gasteiger partial charge in [-0.15, -0.1) is 0 Å². The number of halogens is 1. The molecule has 0 aliphatic heterocycles. The lowest BCUT2D eigenvalue weighted by Gasteiger charge is -2.09. The summed E-state index contributed by atoms with van der Waals surface area (Å²) in [6.07, 6.45) is -0.282. The quantitative estimate of drug-likeness (QED) is 0.519. The molecule has 1 rings (SSSR count). The molecule has 0 fully saturated rings. The molecule has 0 saturated heterocycles. The first-order chi connectivity index (χ1) is 7.74. The Hall–Kier alpha value is -1.19. The van der Waals surface area contributed by atoms with Crippen molar-refractivity contribution in [2.75, 3.05) is 6.61 Å². The second-order valence-electron chi connectivity index (χ2n) is 3.53. The van der Waals surface area contributed by atoms with E-state index in [4.69, 9.17) is 4.89 Å². The molecule has 0 N–H and O–H groups in total. The molecule has 0 aromatic heterocycles. The van der Waals surface area contributed by atoms with Crippen LogP contribution in [-0.2, 0) is 9.78 Å². The van der Waals surface area contributed by atoms with Crippen LogP contribution < -0.4 is 0 Å². The highest BCUT2D eigenvalue weighted by atomic mass is 19.1. The van der Waals surface area contributed by atoms with Crippen LogP contribution in [0.4, 0.5) is 4.39 Å². The van der Waals surface area contributed by atoms with Gasteiger partial charge in [-0.1, -0.05) is 50.3 Å². The average molecular weight is 224 g/mol. The van der Waals surface area contributed by atoms with Crippen molar-refractivity contribution in [3.05, 3.63) is 42.5 Å². The van der Waals surface area contributed by atoms with Gasteiger partial charge in [-0.3, -0.25) is 0 Å². The van der Waals surface area contributed by atoms with E-state index in [9.17, 15) is 4.39 Å². The number of hydrogen-bond donors (Lipinski definition) is 0. The Morgan fingerprint density at radius 3 is 2.69 bits per heavy atom. The van der Waals surface area contributed by atoms with Crippen LogP contribution in [0.3, 0.4) is 0 Å². The molecule has 88 valence electrons. The lowest BCUT2D eigenvalue weighted by Crippen LogP contribution is -2.08. The standard InChI is InChI=1S/C13H17FO2/c1-3-7-13(14)16-15-10-11(2)12-8-5-4-6-9-12/h4-6,8-9,13H,2-3,7,10H2,1H3. The predicted octanol–water partition coefficient (Wildman–Crippen LogP) is 3.74. The first-order valence-electron chi connectivity index (χ1n) is 5.39. The Labute approximate surface area is 95.6 Å². The Morgan fingerprint density at radius 2 is 2.06 bits per heavy atom. The highest BCUT2D eigenvalue weighted by molar-refractivity contribution is 5.63. The van der Waals surface area contributed by atoms with Gasteiger partial charge in [0.2, 0.25) is 6.36 Å². The van der Waals surface area contributed by atoms with Gasteiger partial charge < -0.3 is 0 Å². The van der Waals surface area contributed by atoms with Crippen LogP contribution in [0.5, 0.6) is 0 Å². The maximum atomic E-state index is 12.9. The molecule has 0 spiro atoms. The van der Waals surface area contributed by atoms with Crippen molar-refractivity contribution >= 4 is 5.57 Å². The number of alkyl halides is 1. The van der Waals surface area contributed by atoms with E-state index in [2.05, 4.69) is 11.5 Å². The van der Waals surface area contributed by atoms with E-state index in [1.54, 1.807) is 0 Å².